The van der Waals surface area contributed by atoms with Crippen molar-refractivity contribution in [3.63, 3.8) is 0 Å². The van der Waals surface area contributed by atoms with Crippen molar-refractivity contribution in [2.75, 3.05) is 13.2 Å². The molecule has 2 aromatic rings. The lowest BCUT2D eigenvalue weighted by Gasteiger charge is -2.12. The van der Waals surface area contributed by atoms with Crippen LogP contribution in [-0.4, -0.2) is 42.8 Å². The van der Waals surface area contributed by atoms with Gasteiger partial charge in [0.25, 0.3) is 5.91 Å². The average Bonchev–Trinajstić information content (AvgIpc) is 2.71. The van der Waals surface area contributed by atoms with E-state index in [1.165, 1.54) is 6.07 Å². The summed E-state index contributed by atoms with van der Waals surface area (Å²) in [6.07, 6.45) is 0. The molecular weight excluding hydrogens is 384 g/mol. The monoisotopic (exact) mass is 410 g/mol. The molecule has 0 aliphatic carbocycles. The zero-order chi connectivity index (χ0) is 22.3. The number of carbonyl (C=O) groups excluding carboxylic acids is 4. The molecule has 0 saturated heterocycles. The fourth-order valence-electron chi connectivity index (χ4n) is 2.80. The Kier molecular flexibility index (Phi) is 7.86. The summed E-state index contributed by atoms with van der Waals surface area (Å²) in [6.45, 7) is 6.55. The molecule has 7 nitrogen and oxygen atoms in total. The molecule has 7 heteroatoms. The number of hydrogen-bond acceptors (Lipinski definition) is 5. The van der Waals surface area contributed by atoms with E-state index in [9.17, 15) is 19.2 Å². The van der Waals surface area contributed by atoms with Gasteiger partial charge in [-0.1, -0.05) is 35.9 Å². The van der Waals surface area contributed by atoms with E-state index in [0.717, 1.165) is 11.1 Å². The summed E-state index contributed by atoms with van der Waals surface area (Å²) >= 11 is 0. The molecule has 0 unspecified atom stereocenters. The van der Waals surface area contributed by atoms with Crippen LogP contribution in [0.5, 0.6) is 0 Å². The molecule has 0 fully saturated rings. The highest BCUT2D eigenvalue weighted by Gasteiger charge is 2.21. The predicted octanol–water partition coefficient (Wildman–Crippen LogP) is 2.33. The van der Waals surface area contributed by atoms with Gasteiger partial charge < -0.3 is 15.4 Å². The maximum Gasteiger partial charge on any atom is 0.339 e. The van der Waals surface area contributed by atoms with Crippen molar-refractivity contribution < 1.29 is 23.9 Å². The van der Waals surface area contributed by atoms with Crippen molar-refractivity contribution in [2.45, 2.75) is 33.7 Å². The molecule has 0 saturated carbocycles. The first-order valence-electron chi connectivity index (χ1n) is 9.63. The summed E-state index contributed by atoms with van der Waals surface area (Å²) < 4.78 is 5.05. The van der Waals surface area contributed by atoms with Crippen LogP contribution in [0.25, 0.3) is 0 Å². The van der Waals surface area contributed by atoms with E-state index < -0.39 is 18.5 Å². The number of amides is 2. The van der Waals surface area contributed by atoms with Crippen LogP contribution in [0.15, 0.2) is 42.5 Å². The van der Waals surface area contributed by atoms with Crippen molar-refractivity contribution in [1.82, 2.24) is 10.6 Å². The third-order valence-electron chi connectivity index (χ3n) is 4.26. The van der Waals surface area contributed by atoms with Crippen LogP contribution >= 0.6 is 0 Å². The molecule has 0 atom stereocenters. The first kappa shape index (κ1) is 22.8. The van der Waals surface area contributed by atoms with Crippen LogP contribution in [0.1, 0.15) is 51.3 Å². The summed E-state index contributed by atoms with van der Waals surface area (Å²) in [5.41, 5.74) is 2.51. The van der Waals surface area contributed by atoms with Gasteiger partial charge in [-0.3, -0.25) is 14.4 Å². The Balaban J connectivity index is 2.05. The van der Waals surface area contributed by atoms with E-state index >= 15 is 0 Å². The second kappa shape index (κ2) is 10.3. The van der Waals surface area contributed by atoms with Gasteiger partial charge in [0.15, 0.2) is 12.4 Å². The summed E-state index contributed by atoms with van der Waals surface area (Å²) in [5.74, 6) is -2.03. The summed E-state index contributed by atoms with van der Waals surface area (Å²) in [5, 5.41) is 5.01. The third-order valence-corrected chi connectivity index (χ3v) is 4.26. The molecule has 2 rings (SSSR count). The van der Waals surface area contributed by atoms with Crippen LogP contribution in [0.4, 0.5) is 0 Å². The smallest absolute Gasteiger partial charge is 0.339 e. The molecule has 0 radical (unpaired) electrons. The number of rotatable bonds is 8. The van der Waals surface area contributed by atoms with Crippen LogP contribution in [-0.2, 0) is 14.3 Å². The average molecular weight is 410 g/mol. The lowest BCUT2D eigenvalue weighted by Crippen LogP contribution is -2.41. The zero-order valence-electron chi connectivity index (χ0n) is 17.6. The minimum atomic E-state index is -0.786. The normalized spacial score (nSPS) is 10.4. The SMILES string of the molecule is Cc1ccc(C)c(C(=O)c2ccccc2C(=O)OCC(=O)NCC(=O)NC(C)C)c1. The molecule has 2 amide bonds. The molecule has 30 heavy (non-hydrogen) atoms. The highest BCUT2D eigenvalue weighted by molar-refractivity contribution is 6.15. The maximum atomic E-state index is 13.0. The van der Waals surface area contributed by atoms with Crippen molar-refractivity contribution in [3.05, 3.63) is 70.3 Å². The quantitative estimate of drug-likeness (QED) is 0.514. The summed E-state index contributed by atoms with van der Waals surface area (Å²) in [6, 6.07) is 11.8. The van der Waals surface area contributed by atoms with E-state index in [0.29, 0.717) is 5.56 Å². The number of aryl methyl sites for hydroxylation is 2. The van der Waals surface area contributed by atoms with Crippen molar-refractivity contribution >= 4 is 23.6 Å². The van der Waals surface area contributed by atoms with Gasteiger partial charge in [-0.2, -0.15) is 0 Å². The molecule has 2 aromatic carbocycles. The van der Waals surface area contributed by atoms with Crippen molar-refractivity contribution in [2.24, 2.45) is 0 Å². The number of ether oxygens (including phenoxy) is 1. The Morgan fingerprint density at radius 3 is 2.23 bits per heavy atom. The standard InChI is InChI=1S/C23H26N2O5/c1-14(2)25-20(26)12-24-21(27)13-30-23(29)18-8-6-5-7-17(18)22(28)19-11-15(3)9-10-16(19)4/h5-11,14H,12-13H2,1-4H3,(H,24,27)(H,25,26). The Morgan fingerprint density at radius 2 is 1.57 bits per heavy atom. The molecule has 0 spiro atoms. The number of benzene rings is 2. The van der Waals surface area contributed by atoms with E-state index in [4.69, 9.17) is 4.74 Å². The predicted molar refractivity (Wildman–Crippen MR) is 112 cm³/mol. The molecule has 2 N–H and O–H groups in total. The van der Waals surface area contributed by atoms with Gasteiger partial charge in [0, 0.05) is 17.2 Å². The van der Waals surface area contributed by atoms with E-state index in [1.807, 2.05) is 26.0 Å². The minimum Gasteiger partial charge on any atom is -0.452 e. The Hall–Kier alpha value is -3.48. The number of nitrogens with one attached hydrogen (secondary N) is 2. The van der Waals surface area contributed by atoms with Crippen molar-refractivity contribution in [3.8, 4) is 0 Å². The molecule has 0 aromatic heterocycles. The minimum absolute atomic E-state index is 0.0432. The third kappa shape index (κ3) is 6.27. The van der Waals surface area contributed by atoms with E-state index in [-0.39, 0.29) is 35.4 Å². The lowest BCUT2D eigenvalue weighted by atomic mass is 9.94. The first-order chi connectivity index (χ1) is 14.2. The van der Waals surface area contributed by atoms with Crippen molar-refractivity contribution in [1.29, 1.82) is 0 Å². The van der Waals surface area contributed by atoms with E-state index in [2.05, 4.69) is 10.6 Å². The van der Waals surface area contributed by atoms with Gasteiger partial charge in [0.2, 0.25) is 5.91 Å². The lowest BCUT2D eigenvalue weighted by molar-refractivity contribution is -0.128. The fraction of sp³-hybridized carbons (Fsp3) is 0.304. The first-order valence-corrected chi connectivity index (χ1v) is 9.63. The molecule has 0 aliphatic rings. The largest absolute Gasteiger partial charge is 0.452 e. The summed E-state index contributed by atoms with van der Waals surface area (Å²) in [4.78, 5) is 48.9. The molecule has 0 heterocycles. The van der Waals surface area contributed by atoms with Gasteiger partial charge in [-0.15, -0.1) is 0 Å². The summed E-state index contributed by atoms with van der Waals surface area (Å²) in [7, 11) is 0. The van der Waals surface area contributed by atoms with Gasteiger partial charge in [0.05, 0.1) is 12.1 Å². The number of ketones is 1. The second-order valence-corrected chi connectivity index (χ2v) is 7.27. The van der Waals surface area contributed by atoms with Crippen LogP contribution in [0.3, 0.4) is 0 Å². The molecule has 0 aliphatic heterocycles. The number of carbonyl (C=O) groups is 4. The molecule has 158 valence electrons. The highest BCUT2D eigenvalue weighted by Crippen LogP contribution is 2.19. The Morgan fingerprint density at radius 1 is 0.900 bits per heavy atom. The van der Waals surface area contributed by atoms with Gasteiger partial charge >= 0.3 is 5.97 Å². The second-order valence-electron chi connectivity index (χ2n) is 7.27. The molecule has 0 bridgehead atoms. The fourth-order valence-corrected chi connectivity index (χ4v) is 2.80. The van der Waals surface area contributed by atoms with E-state index in [1.54, 1.807) is 38.1 Å². The highest BCUT2D eigenvalue weighted by atomic mass is 16.5. The van der Waals surface area contributed by atoms with Crippen LogP contribution < -0.4 is 10.6 Å². The van der Waals surface area contributed by atoms with Crippen LogP contribution in [0, 0.1) is 13.8 Å². The zero-order valence-corrected chi connectivity index (χ0v) is 17.6. The topological polar surface area (TPSA) is 102 Å². The maximum absolute atomic E-state index is 13.0. The number of hydrogen-bond donors (Lipinski definition) is 2. The Labute approximate surface area is 175 Å². The van der Waals surface area contributed by atoms with Gasteiger partial charge in [-0.05, 0) is 45.4 Å². The Bertz CT molecular complexity index is 966. The van der Waals surface area contributed by atoms with Crippen LogP contribution in [0.2, 0.25) is 0 Å². The molecular formula is C23H26N2O5. The van der Waals surface area contributed by atoms with Gasteiger partial charge in [0.1, 0.15) is 0 Å². The van der Waals surface area contributed by atoms with Gasteiger partial charge in [-0.25, -0.2) is 4.79 Å². The number of esters is 1.